The second-order valence-corrected chi connectivity index (χ2v) is 7.33. The van der Waals surface area contributed by atoms with Gasteiger partial charge in [-0.05, 0) is 43.8 Å². The summed E-state index contributed by atoms with van der Waals surface area (Å²) in [6.07, 6.45) is 0. The smallest absolute Gasteiger partial charge is 0.0931 e. The lowest BCUT2D eigenvalue weighted by atomic mass is 10.1. The van der Waals surface area contributed by atoms with Gasteiger partial charge < -0.3 is 5.32 Å². The molecule has 114 valence electrons. The summed E-state index contributed by atoms with van der Waals surface area (Å²) in [7, 11) is 2.14. The van der Waals surface area contributed by atoms with E-state index in [1.807, 2.05) is 18.2 Å². The number of likely N-dealkylation sites (N-methyl/N-ethyl adjacent to an activating group) is 1. The standard InChI is InChI=1S/C16H20Cl2N2S/c1-12(13-3-5-14(17)6-4-13)20(2)10-9-19-11-15-7-8-16(18)21-15/h3-8,12,19H,9-11H2,1-2H3. The molecule has 1 heterocycles. The molecule has 0 spiro atoms. The second kappa shape index (κ2) is 8.16. The lowest BCUT2D eigenvalue weighted by Gasteiger charge is -2.25. The molecule has 21 heavy (non-hydrogen) atoms. The van der Waals surface area contributed by atoms with Crippen LogP contribution in [0.4, 0.5) is 0 Å². The van der Waals surface area contributed by atoms with Crippen molar-refractivity contribution in [2.24, 2.45) is 0 Å². The summed E-state index contributed by atoms with van der Waals surface area (Å²) in [4.78, 5) is 3.60. The molecule has 0 saturated carbocycles. The zero-order chi connectivity index (χ0) is 15.2. The monoisotopic (exact) mass is 342 g/mol. The van der Waals surface area contributed by atoms with E-state index < -0.39 is 0 Å². The molecule has 2 aromatic rings. The minimum atomic E-state index is 0.375. The summed E-state index contributed by atoms with van der Waals surface area (Å²) in [5.41, 5.74) is 1.28. The Morgan fingerprint density at radius 2 is 1.86 bits per heavy atom. The molecular weight excluding hydrogens is 323 g/mol. The van der Waals surface area contributed by atoms with E-state index in [9.17, 15) is 0 Å². The highest BCUT2D eigenvalue weighted by molar-refractivity contribution is 7.16. The Hall–Kier alpha value is -0.580. The highest BCUT2D eigenvalue weighted by Crippen LogP contribution is 2.21. The minimum Gasteiger partial charge on any atom is -0.311 e. The van der Waals surface area contributed by atoms with Crippen molar-refractivity contribution >= 4 is 34.5 Å². The summed E-state index contributed by atoms with van der Waals surface area (Å²) in [6.45, 7) is 5.02. The average molecular weight is 343 g/mol. The third-order valence-electron chi connectivity index (χ3n) is 3.58. The molecule has 2 rings (SSSR count). The fraction of sp³-hybridized carbons (Fsp3) is 0.375. The predicted octanol–water partition coefficient (Wildman–Crippen LogP) is 4.84. The normalized spacial score (nSPS) is 12.8. The van der Waals surface area contributed by atoms with Crippen molar-refractivity contribution in [1.29, 1.82) is 0 Å². The third-order valence-corrected chi connectivity index (χ3v) is 5.07. The Kier molecular flexibility index (Phi) is 6.52. The molecule has 2 nitrogen and oxygen atoms in total. The Bertz CT molecular complexity index is 554. The second-order valence-electron chi connectivity index (χ2n) is 5.09. The van der Waals surface area contributed by atoms with Crippen LogP contribution >= 0.6 is 34.5 Å². The van der Waals surface area contributed by atoms with Crippen molar-refractivity contribution in [3.05, 3.63) is 56.2 Å². The predicted molar refractivity (Wildman–Crippen MR) is 93.5 cm³/mol. The largest absolute Gasteiger partial charge is 0.311 e. The van der Waals surface area contributed by atoms with Crippen LogP contribution in [0.2, 0.25) is 9.36 Å². The van der Waals surface area contributed by atoms with Crippen molar-refractivity contribution in [1.82, 2.24) is 10.2 Å². The van der Waals surface area contributed by atoms with E-state index in [4.69, 9.17) is 23.2 Å². The summed E-state index contributed by atoms with van der Waals surface area (Å²) < 4.78 is 0.847. The Labute approximate surface area is 140 Å². The number of hydrogen-bond donors (Lipinski definition) is 1. The first kappa shape index (κ1) is 16.8. The molecule has 1 aromatic heterocycles. The highest BCUT2D eigenvalue weighted by atomic mass is 35.5. The molecule has 0 aliphatic heterocycles. The number of nitrogens with one attached hydrogen (secondary N) is 1. The van der Waals surface area contributed by atoms with Crippen molar-refractivity contribution < 1.29 is 0 Å². The maximum atomic E-state index is 5.93. The summed E-state index contributed by atoms with van der Waals surface area (Å²) in [6, 6.07) is 12.5. The SMILES string of the molecule is CC(c1ccc(Cl)cc1)N(C)CCNCc1ccc(Cl)s1. The van der Waals surface area contributed by atoms with E-state index in [0.29, 0.717) is 6.04 Å². The molecule has 1 atom stereocenters. The molecule has 0 radical (unpaired) electrons. The first-order chi connectivity index (χ1) is 10.1. The van der Waals surface area contributed by atoms with Crippen molar-refractivity contribution in [3.8, 4) is 0 Å². The topological polar surface area (TPSA) is 15.3 Å². The van der Waals surface area contributed by atoms with E-state index in [0.717, 1.165) is 29.0 Å². The molecule has 0 aliphatic rings. The zero-order valence-corrected chi connectivity index (χ0v) is 14.6. The fourth-order valence-electron chi connectivity index (χ4n) is 2.10. The van der Waals surface area contributed by atoms with Crippen LogP contribution in [-0.4, -0.2) is 25.0 Å². The van der Waals surface area contributed by atoms with Crippen LogP contribution in [0.5, 0.6) is 0 Å². The molecule has 0 saturated heterocycles. The number of benzene rings is 1. The van der Waals surface area contributed by atoms with E-state index in [1.54, 1.807) is 11.3 Å². The molecule has 1 N–H and O–H groups in total. The van der Waals surface area contributed by atoms with Crippen LogP contribution in [-0.2, 0) is 6.54 Å². The maximum Gasteiger partial charge on any atom is 0.0931 e. The number of nitrogens with zero attached hydrogens (tertiary/aromatic N) is 1. The Morgan fingerprint density at radius 3 is 2.48 bits per heavy atom. The summed E-state index contributed by atoms with van der Waals surface area (Å²) >= 11 is 13.5. The van der Waals surface area contributed by atoms with E-state index in [-0.39, 0.29) is 0 Å². The Balaban J connectivity index is 1.73. The lowest BCUT2D eigenvalue weighted by Crippen LogP contribution is -2.30. The van der Waals surface area contributed by atoms with Crippen LogP contribution in [0, 0.1) is 0 Å². The van der Waals surface area contributed by atoms with Gasteiger partial charge in [0, 0.05) is 35.6 Å². The van der Waals surface area contributed by atoms with Crippen LogP contribution in [0.25, 0.3) is 0 Å². The fourth-order valence-corrected chi connectivity index (χ4v) is 3.29. The van der Waals surface area contributed by atoms with Gasteiger partial charge >= 0.3 is 0 Å². The molecule has 0 aliphatic carbocycles. The molecule has 0 amide bonds. The quantitative estimate of drug-likeness (QED) is 0.724. The van der Waals surface area contributed by atoms with E-state index in [1.165, 1.54) is 10.4 Å². The van der Waals surface area contributed by atoms with Crippen LogP contribution < -0.4 is 5.32 Å². The number of halogens is 2. The first-order valence-corrected chi connectivity index (χ1v) is 8.54. The van der Waals surface area contributed by atoms with Crippen molar-refractivity contribution in [2.45, 2.75) is 19.5 Å². The van der Waals surface area contributed by atoms with Crippen LogP contribution in [0.3, 0.4) is 0 Å². The first-order valence-electron chi connectivity index (χ1n) is 6.97. The molecular formula is C16H20Cl2N2S. The van der Waals surface area contributed by atoms with Crippen molar-refractivity contribution in [2.75, 3.05) is 20.1 Å². The maximum absolute atomic E-state index is 5.93. The van der Waals surface area contributed by atoms with Gasteiger partial charge in [-0.3, -0.25) is 4.90 Å². The van der Waals surface area contributed by atoms with E-state index >= 15 is 0 Å². The number of hydrogen-bond acceptors (Lipinski definition) is 3. The molecule has 5 heteroatoms. The average Bonchev–Trinajstić information content (AvgIpc) is 2.89. The minimum absolute atomic E-state index is 0.375. The molecule has 1 unspecified atom stereocenters. The van der Waals surface area contributed by atoms with Gasteiger partial charge in [0.2, 0.25) is 0 Å². The Morgan fingerprint density at radius 1 is 1.14 bits per heavy atom. The zero-order valence-electron chi connectivity index (χ0n) is 12.3. The van der Waals surface area contributed by atoms with Gasteiger partial charge in [0.25, 0.3) is 0 Å². The molecule has 0 bridgehead atoms. The van der Waals surface area contributed by atoms with Crippen LogP contribution in [0.1, 0.15) is 23.4 Å². The van der Waals surface area contributed by atoms with Gasteiger partial charge in [-0.1, -0.05) is 35.3 Å². The third kappa shape index (κ3) is 5.28. The van der Waals surface area contributed by atoms with Gasteiger partial charge in [0.05, 0.1) is 4.34 Å². The van der Waals surface area contributed by atoms with Gasteiger partial charge in [-0.2, -0.15) is 0 Å². The summed E-state index contributed by atoms with van der Waals surface area (Å²) in [5, 5.41) is 4.23. The lowest BCUT2D eigenvalue weighted by molar-refractivity contribution is 0.261. The number of thiophene rings is 1. The number of rotatable bonds is 7. The molecule has 0 fully saturated rings. The highest BCUT2D eigenvalue weighted by Gasteiger charge is 2.10. The van der Waals surface area contributed by atoms with Gasteiger partial charge in [0.1, 0.15) is 0 Å². The molecule has 1 aromatic carbocycles. The van der Waals surface area contributed by atoms with E-state index in [2.05, 4.69) is 42.4 Å². The van der Waals surface area contributed by atoms with Gasteiger partial charge in [0.15, 0.2) is 0 Å². The van der Waals surface area contributed by atoms with Gasteiger partial charge in [-0.15, -0.1) is 11.3 Å². The van der Waals surface area contributed by atoms with Crippen LogP contribution in [0.15, 0.2) is 36.4 Å². The van der Waals surface area contributed by atoms with Crippen molar-refractivity contribution in [3.63, 3.8) is 0 Å². The van der Waals surface area contributed by atoms with Gasteiger partial charge in [-0.25, -0.2) is 0 Å². The summed E-state index contributed by atoms with van der Waals surface area (Å²) in [5.74, 6) is 0.